The Morgan fingerprint density at radius 2 is 1.77 bits per heavy atom. The molecule has 2 aliphatic rings. The number of non-ortho nitro benzene ring substituents is 1. The minimum Gasteiger partial charge on any atom is -0.497 e. The Morgan fingerprint density at radius 3 is 2.39 bits per heavy atom. The molecule has 0 radical (unpaired) electrons. The third-order valence-electron chi connectivity index (χ3n) is 6.31. The largest absolute Gasteiger partial charge is 0.497 e. The van der Waals surface area contributed by atoms with Gasteiger partial charge in [0.25, 0.3) is 11.6 Å². The van der Waals surface area contributed by atoms with Crippen molar-refractivity contribution in [1.29, 1.82) is 0 Å². The summed E-state index contributed by atoms with van der Waals surface area (Å²) in [6.07, 6.45) is 4.12. The first-order valence-electron chi connectivity index (χ1n) is 10.4. The highest BCUT2D eigenvalue weighted by Crippen LogP contribution is 2.46. The van der Waals surface area contributed by atoms with Gasteiger partial charge in [-0.25, -0.2) is 0 Å². The van der Waals surface area contributed by atoms with Crippen LogP contribution in [0.4, 0.5) is 5.69 Å². The van der Waals surface area contributed by atoms with E-state index in [1.807, 2.05) is 29.2 Å². The van der Waals surface area contributed by atoms with Crippen molar-refractivity contribution < 1.29 is 14.5 Å². The fraction of sp³-hybridized carbons (Fsp3) is 0.304. The molecule has 1 aliphatic carbocycles. The SMILES string of the molecule is COc1ccc(-c2n[nH]c3c2C(c2ccc([N+](=O)[O-])cc2)N(C2CCCC2)C3=O)cc1. The molecule has 1 unspecified atom stereocenters. The molecule has 31 heavy (non-hydrogen) atoms. The van der Waals surface area contributed by atoms with Crippen LogP contribution in [0.25, 0.3) is 11.3 Å². The summed E-state index contributed by atoms with van der Waals surface area (Å²) in [5, 5.41) is 18.6. The normalized spacial score (nSPS) is 18.4. The van der Waals surface area contributed by atoms with Crippen LogP contribution in [0.3, 0.4) is 0 Å². The first-order valence-corrected chi connectivity index (χ1v) is 10.4. The van der Waals surface area contributed by atoms with Crippen LogP contribution < -0.4 is 4.74 Å². The zero-order valence-corrected chi connectivity index (χ0v) is 17.1. The molecule has 1 aliphatic heterocycles. The maximum atomic E-state index is 13.4. The predicted octanol–water partition coefficient (Wildman–Crippen LogP) is 4.48. The molecular weight excluding hydrogens is 396 g/mol. The van der Waals surface area contributed by atoms with Crippen LogP contribution in [0, 0.1) is 10.1 Å². The highest BCUT2D eigenvalue weighted by Gasteiger charge is 2.45. The second kappa shape index (κ2) is 7.54. The number of nitro benzene ring substituents is 1. The number of methoxy groups -OCH3 is 1. The van der Waals surface area contributed by atoms with E-state index in [4.69, 9.17) is 4.74 Å². The molecule has 158 valence electrons. The summed E-state index contributed by atoms with van der Waals surface area (Å²) in [5.74, 6) is 0.684. The predicted molar refractivity (Wildman–Crippen MR) is 114 cm³/mol. The molecule has 0 spiro atoms. The van der Waals surface area contributed by atoms with Gasteiger partial charge in [0.15, 0.2) is 0 Å². The Labute approximate surface area is 179 Å². The molecular formula is C23H22N4O4. The number of aromatic nitrogens is 2. The van der Waals surface area contributed by atoms with E-state index in [0.717, 1.165) is 53.8 Å². The second-order valence-corrected chi connectivity index (χ2v) is 7.99. The van der Waals surface area contributed by atoms with E-state index >= 15 is 0 Å². The number of hydrogen-bond donors (Lipinski definition) is 1. The summed E-state index contributed by atoms with van der Waals surface area (Å²) >= 11 is 0. The van der Waals surface area contributed by atoms with Crippen molar-refractivity contribution >= 4 is 11.6 Å². The number of hydrogen-bond acceptors (Lipinski definition) is 5. The zero-order valence-electron chi connectivity index (χ0n) is 17.1. The van der Waals surface area contributed by atoms with E-state index in [-0.39, 0.29) is 23.7 Å². The number of aromatic amines is 1. The van der Waals surface area contributed by atoms with Crippen molar-refractivity contribution in [3.05, 3.63) is 75.5 Å². The number of H-pyrrole nitrogens is 1. The van der Waals surface area contributed by atoms with Gasteiger partial charge in [0.05, 0.1) is 23.8 Å². The number of nitrogens with zero attached hydrogens (tertiary/aromatic N) is 3. The van der Waals surface area contributed by atoms with Gasteiger partial charge >= 0.3 is 0 Å². The van der Waals surface area contributed by atoms with Crippen molar-refractivity contribution in [3.63, 3.8) is 0 Å². The Bertz CT molecular complexity index is 1130. The molecule has 8 nitrogen and oxygen atoms in total. The highest BCUT2D eigenvalue weighted by atomic mass is 16.6. The number of benzene rings is 2. The van der Waals surface area contributed by atoms with Gasteiger partial charge < -0.3 is 9.64 Å². The van der Waals surface area contributed by atoms with Gasteiger partial charge in [-0.05, 0) is 54.8 Å². The molecule has 2 aromatic carbocycles. The van der Waals surface area contributed by atoms with Gasteiger partial charge in [-0.15, -0.1) is 0 Å². The number of fused-ring (bicyclic) bond motifs is 1. The molecule has 0 bridgehead atoms. The van der Waals surface area contributed by atoms with Gasteiger partial charge in [-0.2, -0.15) is 5.10 Å². The summed E-state index contributed by atoms with van der Waals surface area (Å²) in [5.41, 5.74) is 3.81. The molecule has 1 amide bonds. The maximum Gasteiger partial charge on any atom is 0.273 e. The fourth-order valence-corrected chi connectivity index (χ4v) is 4.80. The Kier molecular flexibility index (Phi) is 4.69. The van der Waals surface area contributed by atoms with Crippen LogP contribution in [0.2, 0.25) is 0 Å². The van der Waals surface area contributed by atoms with Crippen molar-refractivity contribution in [3.8, 4) is 17.0 Å². The minimum atomic E-state index is -0.412. The van der Waals surface area contributed by atoms with Crippen LogP contribution in [0.15, 0.2) is 48.5 Å². The standard InChI is InChI=1S/C23H22N4O4/c1-31-18-12-8-14(9-13-18)20-19-21(25-24-20)23(28)26(16-4-2-3-5-16)22(19)15-6-10-17(11-7-15)27(29)30/h6-13,16,22H,2-5H2,1H3,(H,24,25). The monoisotopic (exact) mass is 418 g/mol. The first kappa shape index (κ1) is 19.3. The lowest BCUT2D eigenvalue weighted by Gasteiger charge is -2.31. The van der Waals surface area contributed by atoms with Crippen molar-refractivity contribution in [2.24, 2.45) is 0 Å². The topological polar surface area (TPSA) is 101 Å². The molecule has 0 saturated heterocycles. The lowest BCUT2D eigenvalue weighted by molar-refractivity contribution is -0.384. The fourth-order valence-electron chi connectivity index (χ4n) is 4.80. The van der Waals surface area contributed by atoms with Crippen LogP contribution in [0.1, 0.15) is 53.3 Å². The molecule has 5 rings (SSSR count). The van der Waals surface area contributed by atoms with E-state index in [9.17, 15) is 14.9 Å². The van der Waals surface area contributed by atoms with Crippen LogP contribution >= 0.6 is 0 Å². The third-order valence-corrected chi connectivity index (χ3v) is 6.31. The average Bonchev–Trinajstić information content (AvgIpc) is 3.52. The molecule has 1 N–H and O–H groups in total. The third kappa shape index (κ3) is 3.15. The van der Waals surface area contributed by atoms with E-state index < -0.39 is 4.92 Å². The van der Waals surface area contributed by atoms with Crippen molar-refractivity contribution in [2.45, 2.75) is 37.8 Å². The Hall–Kier alpha value is -3.68. The number of ether oxygens (including phenoxy) is 1. The number of nitro groups is 1. The molecule has 8 heteroatoms. The summed E-state index contributed by atoms with van der Waals surface area (Å²) in [6, 6.07) is 13.9. The molecule has 1 aromatic heterocycles. The maximum absolute atomic E-state index is 13.4. The first-order chi connectivity index (χ1) is 15.1. The van der Waals surface area contributed by atoms with E-state index in [1.54, 1.807) is 19.2 Å². The number of amides is 1. The highest BCUT2D eigenvalue weighted by molar-refractivity contribution is 6.00. The van der Waals surface area contributed by atoms with E-state index in [1.165, 1.54) is 12.1 Å². The lowest BCUT2D eigenvalue weighted by atomic mass is 9.95. The average molecular weight is 418 g/mol. The lowest BCUT2D eigenvalue weighted by Crippen LogP contribution is -2.37. The molecule has 1 atom stereocenters. The van der Waals surface area contributed by atoms with E-state index in [0.29, 0.717) is 5.69 Å². The summed E-state index contributed by atoms with van der Waals surface area (Å²) in [4.78, 5) is 26.1. The van der Waals surface area contributed by atoms with Crippen LogP contribution in [-0.2, 0) is 0 Å². The quantitative estimate of drug-likeness (QED) is 0.486. The van der Waals surface area contributed by atoms with Crippen LogP contribution in [-0.4, -0.2) is 39.1 Å². The number of carbonyl (C=O) groups excluding carboxylic acids is 1. The summed E-state index contributed by atoms with van der Waals surface area (Å²) < 4.78 is 5.26. The van der Waals surface area contributed by atoms with Gasteiger partial charge in [0, 0.05) is 29.3 Å². The number of rotatable bonds is 5. The van der Waals surface area contributed by atoms with Gasteiger partial charge in [-0.1, -0.05) is 12.8 Å². The Balaban J connectivity index is 1.63. The summed E-state index contributed by atoms with van der Waals surface area (Å²) in [6.45, 7) is 0. The minimum absolute atomic E-state index is 0.0308. The van der Waals surface area contributed by atoms with Crippen molar-refractivity contribution in [1.82, 2.24) is 15.1 Å². The van der Waals surface area contributed by atoms with Crippen LogP contribution in [0.5, 0.6) is 5.75 Å². The van der Waals surface area contributed by atoms with Gasteiger partial charge in [0.1, 0.15) is 11.4 Å². The molecule has 2 heterocycles. The molecule has 3 aromatic rings. The smallest absolute Gasteiger partial charge is 0.273 e. The van der Waals surface area contributed by atoms with Gasteiger partial charge in [0.2, 0.25) is 0 Å². The van der Waals surface area contributed by atoms with Gasteiger partial charge in [-0.3, -0.25) is 20.0 Å². The second-order valence-electron chi connectivity index (χ2n) is 7.99. The zero-order chi connectivity index (χ0) is 21.5. The number of carbonyl (C=O) groups is 1. The van der Waals surface area contributed by atoms with Crippen molar-refractivity contribution in [2.75, 3.05) is 7.11 Å². The molecule has 1 fully saturated rings. The van der Waals surface area contributed by atoms with E-state index in [2.05, 4.69) is 10.2 Å². The molecule has 1 saturated carbocycles. The summed E-state index contributed by atoms with van der Waals surface area (Å²) in [7, 11) is 1.62. The Morgan fingerprint density at radius 1 is 1.10 bits per heavy atom. The number of nitrogens with one attached hydrogen (secondary N) is 1.